The number of alkyl halides is 3. The number of anilines is 3. The molecular formula is C21H24F3N3O2S. The fourth-order valence-electron chi connectivity index (χ4n) is 3.47. The van der Waals surface area contributed by atoms with Crippen LogP contribution in [0.5, 0.6) is 5.75 Å². The number of nitrogens with zero attached hydrogens (tertiary/aromatic N) is 2. The molecule has 0 aliphatic carbocycles. The first kappa shape index (κ1) is 22.1. The third kappa shape index (κ3) is 4.30. The molecule has 1 aliphatic heterocycles. The van der Waals surface area contributed by atoms with E-state index in [-0.39, 0.29) is 4.90 Å². The van der Waals surface area contributed by atoms with Crippen LogP contribution >= 0.6 is 11.8 Å². The number of halogens is 3. The van der Waals surface area contributed by atoms with Gasteiger partial charge in [0.2, 0.25) is 0 Å². The molecule has 1 N–H and O–H groups in total. The summed E-state index contributed by atoms with van der Waals surface area (Å²) in [5.41, 5.74) is 1.56. The highest BCUT2D eigenvalue weighted by atomic mass is 32.2. The molecule has 2 aromatic rings. The van der Waals surface area contributed by atoms with Gasteiger partial charge in [-0.05, 0) is 49.4 Å². The molecular weight excluding hydrogens is 415 g/mol. The fraction of sp³-hybridized carbons (Fsp3) is 0.381. The molecule has 30 heavy (non-hydrogen) atoms. The van der Waals surface area contributed by atoms with Crippen LogP contribution in [0.25, 0.3) is 0 Å². The van der Waals surface area contributed by atoms with Gasteiger partial charge in [0.05, 0.1) is 23.5 Å². The van der Waals surface area contributed by atoms with Crippen LogP contribution in [0.1, 0.15) is 18.1 Å². The number of rotatable bonds is 5. The van der Waals surface area contributed by atoms with E-state index in [1.807, 2.05) is 32.0 Å². The lowest BCUT2D eigenvalue weighted by Crippen LogP contribution is -2.33. The number of carbonyl (C=O) groups excluding carboxylic acids is 1. The Labute approximate surface area is 178 Å². The van der Waals surface area contributed by atoms with Crippen LogP contribution in [0.3, 0.4) is 0 Å². The number of hydrogen-bond donors (Lipinski definition) is 1. The van der Waals surface area contributed by atoms with E-state index in [4.69, 9.17) is 4.74 Å². The van der Waals surface area contributed by atoms with Gasteiger partial charge >= 0.3 is 12.2 Å². The van der Waals surface area contributed by atoms with E-state index in [1.165, 1.54) is 11.0 Å². The van der Waals surface area contributed by atoms with Gasteiger partial charge in [-0.25, -0.2) is 4.79 Å². The van der Waals surface area contributed by atoms with Crippen LogP contribution < -0.4 is 19.9 Å². The molecule has 0 spiro atoms. The summed E-state index contributed by atoms with van der Waals surface area (Å²) >= 11 is 1.05. The zero-order valence-corrected chi connectivity index (χ0v) is 18.1. The molecule has 162 valence electrons. The quantitative estimate of drug-likeness (QED) is 0.626. The summed E-state index contributed by atoms with van der Waals surface area (Å²) in [6.45, 7) is 2.57. The van der Waals surface area contributed by atoms with Crippen molar-refractivity contribution in [1.29, 1.82) is 0 Å². The van der Waals surface area contributed by atoms with Crippen molar-refractivity contribution in [2.75, 3.05) is 48.6 Å². The molecule has 0 aromatic heterocycles. The Balaban J connectivity index is 1.94. The third-order valence-corrected chi connectivity index (χ3v) is 5.63. The third-order valence-electron chi connectivity index (χ3n) is 4.85. The molecule has 3 rings (SSSR count). The van der Waals surface area contributed by atoms with Gasteiger partial charge in [-0.1, -0.05) is 6.07 Å². The number of para-hydroxylation sites is 1. The molecule has 1 aliphatic rings. The Hall–Kier alpha value is -2.55. The van der Waals surface area contributed by atoms with Gasteiger partial charge in [0.15, 0.2) is 5.75 Å². The van der Waals surface area contributed by atoms with Gasteiger partial charge in [0, 0.05) is 31.2 Å². The second-order valence-electron chi connectivity index (χ2n) is 6.99. The Kier molecular flexibility index (Phi) is 6.40. The molecule has 1 heterocycles. The van der Waals surface area contributed by atoms with Crippen molar-refractivity contribution >= 4 is 34.9 Å². The van der Waals surface area contributed by atoms with Gasteiger partial charge in [0.25, 0.3) is 0 Å². The summed E-state index contributed by atoms with van der Waals surface area (Å²) in [6.07, 6.45) is -2.37. The number of hydrogen-bond acceptors (Lipinski definition) is 4. The first-order chi connectivity index (χ1) is 14.2. The average Bonchev–Trinajstić information content (AvgIpc) is 3.10. The molecule has 9 heteroatoms. The topological polar surface area (TPSA) is 44.8 Å². The Morgan fingerprint density at radius 1 is 1.30 bits per heavy atom. The lowest BCUT2D eigenvalue weighted by Gasteiger charge is -2.23. The van der Waals surface area contributed by atoms with E-state index < -0.39 is 17.8 Å². The first-order valence-corrected chi connectivity index (χ1v) is 10.7. The maximum absolute atomic E-state index is 13.5. The van der Waals surface area contributed by atoms with E-state index in [1.54, 1.807) is 18.4 Å². The maximum Gasteiger partial charge on any atom is 0.417 e. The SMILES string of the molecule is CCOc1c(NC(=O)N2CCc3cc(SC)c(C(F)(F)F)cc32)cccc1N(C)C. The van der Waals surface area contributed by atoms with Gasteiger partial charge < -0.3 is 15.0 Å². The van der Waals surface area contributed by atoms with Gasteiger partial charge in [-0.15, -0.1) is 11.8 Å². The molecule has 0 atom stereocenters. The van der Waals surface area contributed by atoms with Crippen LogP contribution in [0.15, 0.2) is 35.2 Å². The van der Waals surface area contributed by atoms with Crippen LogP contribution in [0.2, 0.25) is 0 Å². The second-order valence-corrected chi connectivity index (χ2v) is 7.84. The molecule has 0 unspecified atom stereocenters. The monoisotopic (exact) mass is 439 g/mol. The molecule has 2 amide bonds. The average molecular weight is 440 g/mol. The van der Waals surface area contributed by atoms with E-state index >= 15 is 0 Å². The van der Waals surface area contributed by atoms with E-state index in [0.717, 1.165) is 29.1 Å². The van der Waals surface area contributed by atoms with Gasteiger partial charge in [-0.2, -0.15) is 13.2 Å². The number of thioether (sulfide) groups is 1. The van der Waals surface area contributed by atoms with Crippen LogP contribution in [-0.4, -0.2) is 39.5 Å². The van der Waals surface area contributed by atoms with Crippen molar-refractivity contribution in [2.24, 2.45) is 0 Å². The van der Waals surface area contributed by atoms with E-state index in [9.17, 15) is 18.0 Å². The Bertz CT molecular complexity index is 948. The Morgan fingerprint density at radius 3 is 2.63 bits per heavy atom. The van der Waals surface area contributed by atoms with Gasteiger partial charge in [-0.3, -0.25) is 4.90 Å². The first-order valence-electron chi connectivity index (χ1n) is 9.47. The van der Waals surface area contributed by atoms with Crippen molar-refractivity contribution in [3.63, 3.8) is 0 Å². The molecule has 0 saturated carbocycles. The van der Waals surface area contributed by atoms with Crippen molar-refractivity contribution in [2.45, 2.75) is 24.4 Å². The zero-order chi connectivity index (χ0) is 22.1. The zero-order valence-electron chi connectivity index (χ0n) is 17.3. The van der Waals surface area contributed by atoms with Crippen molar-refractivity contribution in [3.05, 3.63) is 41.5 Å². The highest BCUT2D eigenvalue weighted by Gasteiger charge is 2.37. The van der Waals surface area contributed by atoms with E-state index in [0.29, 0.717) is 36.7 Å². The van der Waals surface area contributed by atoms with Crippen molar-refractivity contribution in [3.8, 4) is 5.75 Å². The molecule has 2 aromatic carbocycles. The largest absolute Gasteiger partial charge is 0.490 e. The predicted molar refractivity (Wildman–Crippen MR) is 115 cm³/mol. The number of ether oxygens (including phenoxy) is 1. The lowest BCUT2D eigenvalue weighted by molar-refractivity contribution is -0.139. The Morgan fingerprint density at radius 2 is 2.03 bits per heavy atom. The summed E-state index contributed by atoms with van der Waals surface area (Å²) < 4.78 is 46.2. The fourth-order valence-corrected chi connectivity index (χ4v) is 4.12. The highest BCUT2D eigenvalue weighted by Crippen LogP contribution is 2.42. The number of urea groups is 1. The standard InChI is InChI=1S/C21H24F3N3O2S/c1-5-29-19-15(7-6-8-16(19)26(2)3)25-20(28)27-10-9-13-11-18(30-4)14(12-17(13)27)21(22,23)24/h6-8,11-12H,5,9-10H2,1-4H3,(H,25,28). The minimum atomic E-state index is -4.49. The molecule has 5 nitrogen and oxygen atoms in total. The number of benzene rings is 2. The summed E-state index contributed by atoms with van der Waals surface area (Å²) in [5.74, 6) is 0.520. The minimum absolute atomic E-state index is 0.167. The van der Waals surface area contributed by atoms with Crippen molar-refractivity contribution in [1.82, 2.24) is 0 Å². The smallest absolute Gasteiger partial charge is 0.417 e. The number of nitrogens with one attached hydrogen (secondary N) is 1. The lowest BCUT2D eigenvalue weighted by atomic mass is 10.1. The number of fused-ring (bicyclic) bond motifs is 1. The van der Waals surface area contributed by atoms with Crippen LogP contribution in [0, 0.1) is 0 Å². The maximum atomic E-state index is 13.5. The molecule has 0 fully saturated rings. The van der Waals surface area contributed by atoms with Crippen LogP contribution in [-0.2, 0) is 12.6 Å². The minimum Gasteiger partial charge on any atom is -0.490 e. The molecule has 0 bridgehead atoms. The summed E-state index contributed by atoms with van der Waals surface area (Å²) in [6, 6.07) is 7.49. The van der Waals surface area contributed by atoms with Crippen molar-refractivity contribution < 1.29 is 22.7 Å². The number of amides is 2. The summed E-state index contributed by atoms with van der Waals surface area (Å²) in [4.78, 5) is 16.4. The predicted octanol–water partition coefficient (Wildman–Crippen LogP) is 5.49. The van der Waals surface area contributed by atoms with E-state index in [2.05, 4.69) is 5.32 Å². The second kappa shape index (κ2) is 8.67. The summed E-state index contributed by atoms with van der Waals surface area (Å²) in [7, 11) is 3.73. The molecule has 0 radical (unpaired) electrons. The van der Waals surface area contributed by atoms with Gasteiger partial charge in [0.1, 0.15) is 0 Å². The van der Waals surface area contributed by atoms with Crippen LogP contribution in [0.4, 0.5) is 35.0 Å². The summed E-state index contributed by atoms with van der Waals surface area (Å²) in [5, 5.41) is 2.81. The highest BCUT2D eigenvalue weighted by molar-refractivity contribution is 7.98. The number of carbonyl (C=O) groups is 1. The molecule has 0 saturated heterocycles. The normalized spacial score (nSPS) is 13.2.